The molecular formula is C18H17F3N2O4S. The van der Waals surface area contributed by atoms with Crippen LogP contribution >= 0.6 is 11.3 Å². The number of halogens is 3. The molecule has 2 N–H and O–H groups in total. The highest BCUT2D eigenvalue weighted by Gasteiger charge is 2.30. The molecule has 1 aromatic heterocycles. The minimum atomic E-state index is -4.50. The summed E-state index contributed by atoms with van der Waals surface area (Å²) < 4.78 is 42.2. The third-order valence-electron chi connectivity index (χ3n) is 3.51. The van der Waals surface area contributed by atoms with Crippen LogP contribution in [0.5, 0.6) is 0 Å². The molecule has 0 bridgehead atoms. The summed E-state index contributed by atoms with van der Waals surface area (Å²) in [6, 6.07) is 7.40. The van der Waals surface area contributed by atoms with Crippen molar-refractivity contribution in [3.8, 4) is 0 Å². The normalized spacial score (nSPS) is 11.0. The van der Waals surface area contributed by atoms with Crippen molar-refractivity contribution in [1.29, 1.82) is 0 Å². The second kappa shape index (κ2) is 9.88. The number of carbonyl (C=O) groups is 3. The second-order valence-corrected chi connectivity index (χ2v) is 6.63. The van der Waals surface area contributed by atoms with Crippen molar-refractivity contribution in [3.05, 3.63) is 57.8 Å². The fraction of sp³-hybridized carbons (Fsp3) is 0.278. The van der Waals surface area contributed by atoms with Crippen molar-refractivity contribution >= 4 is 29.1 Å². The highest BCUT2D eigenvalue weighted by atomic mass is 32.1. The maximum absolute atomic E-state index is 12.5. The highest BCUT2D eigenvalue weighted by molar-refractivity contribution is 7.09. The average Bonchev–Trinajstić information content (AvgIpc) is 3.17. The Morgan fingerprint density at radius 2 is 1.75 bits per heavy atom. The van der Waals surface area contributed by atoms with E-state index in [4.69, 9.17) is 4.74 Å². The smallest absolute Gasteiger partial charge is 0.416 e. The summed E-state index contributed by atoms with van der Waals surface area (Å²) in [4.78, 5) is 36.1. The van der Waals surface area contributed by atoms with Crippen LogP contribution in [0.2, 0.25) is 0 Å². The summed E-state index contributed by atoms with van der Waals surface area (Å²) in [6.07, 6.45) is -3.83. The number of esters is 1. The van der Waals surface area contributed by atoms with Gasteiger partial charge in [-0.1, -0.05) is 6.07 Å². The zero-order chi connectivity index (χ0) is 20.6. The first-order valence-corrected chi connectivity index (χ1v) is 9.04. The number of hydrogen-bond acceptors (Lipinski definition) is 5. The summed E-state index contributed by atoms with van der Waals surface area (Å²) in [6.45, 7) is -0.594. The minimum absolute atomic E-state index is 0.0351. The molecule has 150 valence electrons. The molecule has 0 unspecified atom stereocenters. The number of benzene rings is 1. The molecule has 0 spiro atoms. The third-order valence-corrected chi connectivity index (χ3v) is 4.44. The molecule has 2 rings (SSSR count). The second-order valence-electron chi connectivity index (χ2n) is 5.60. The van der Waals surface area contributed by atoms with Gasteiger partial charge in [0.15, 0.2) is 6.61 Å². The van der Waals surface area contributed by atoms with Crippen LogP contribution in [0.3, 0.4) is 0 Å². The topological polar surface area (TPSA) is 84.5 Å². The zero-order valence-electron chi connectivity index (χ0n) is 14.5. The van der Waals surface area contributed by atoms with Crippen LogP contribution in [0.15, 0.2) is 41.8 Å². The van der Waals surface area contributed by atoms with E-state index >= 15 is 0 Å². The molecule has 0 saturated heterocycles. The molecule has 1 aromatic carbocycles. The maximum atomic E-state index is 12.5. The first-order valence-electron chi connectivity index (χ1n) is 8.16. The monoisotopic (exact) mass is 414 g/mol. The van der Waals surface area contributed by atoms with Crippen molar-refractivity contribution in [2.75, 3.05) is 19.7 Å². The molecular weight excluding hydrogens is 397 g/mol. The summed E-state index contributed by atoms with van der Waals surface area (Å²) in [5.74, 6) is -2.04. The van der Waals surface area contributed by atoms with Crippen LogP contribution in [-0.4, -0.2) is 37.5 Å². The molecule has 2 aromatic rings. The van der Waals surface area contributed by atoms with E-state index in [2.05, 4.69) is 10.6 Å². The largest absolute Gasteiger partial charge is 0.454 e. The van der Waals surface area contributed by atoms with Gasteiger partial charge in [0.25, 0.3) is 11.8 Å². The molecule has 0 radical (unpaired) electrons. The number of hydrogen-bond donors (Lipinski definition) is 2. The number of thiophene rings is 1. The number of nitrogens with one attached hydrogen (secondary N) is 2. The Kier molecular flexibility index (Phi) is 7.56. The van der Waals surface area contributed by atoms with E-state index in [1.165, 1.54) is 0 Å². The fourth-order valence-electron chi connectivity index (χ4n) is 2.09. The molecule has 1 heterocycles. The van der Waals surface area contributed by atoms with Crippen LogP contribution < -0.4 is 10.6 Å². The van der Waals surface area contributed by atoms with E-state index in [0.29, 0.717) is 13.0 Å². The quantitative estimate of drug-likeness (QED) is 0.650. The Morgan fingerprint density at radius 1 is 1.04 bits per heavy atom. The van der Waals surface area contributed by atoms with Crippen molar-refractivity contribution in [3.63, 3.8) is 0 Å². The van der Waals surface area contributed by atoms with E-state index in [-0.39, 0.29) is 5.56 Å². The van der Waals surface area contributed by atoms with Crippen molar-refractivity contribution < 1.29 is 32.3 Å². The molecule has 0 saturated carbocycles. The number of rotatable bonds is 8. The lowest BCUT2D eigenvalue weighted by atomic mass is 10.1. The Hall–Kier alpha value is -2.88. The molecule has 28 heavy (non-hydrogen) atoms. The van der Waals surface area contributed by atoms with E-state index in [1.807, 2.05) is 17.5 Å². The summed E-state index contributed by atoms with van der Waals surface area (Å²) >= 11 is 1.57. The minimum Gasteiger partial charge on any atom is -0.454 e. The van der Waals surface area contributed by atoms with Gasteiger partial charge in [0.05, 0.1) is 5.56 Å². The van der Waals surface area contributed by atoms with E-state index in [9.17, 15) is 27.6 Å². The van der Waals surface area contributed by atoms with Crippen molar-refractivity contribution in [1.82, 2.24) is 10.6 Å². The predicted molar refractivity (Wildman–Crippen MR) is 95.8 cm³/mol. The highest BCUT2D eigenvalue weighted by Crippen LogP contribution is 2.29. The van der Waals surface area contributed by atoms with Crippen LogP contribution in [0.4, 0.5) is 13.2 Å². The number of alkyl halides is 3. The Bertz CT molecular complexity index is 805. The third kappa shape index (κ3) is 7.03. The van der Waals surface area contributed by atoms with Gasteiger partial charge in [0, 0.05) is 17.0 Å². The molecule has 0 aliphatic rings. The summed E-state index contributed by atoms with van der Waals surface area (Å²) in [5.41, 5.74) is -0.916. The fourth-order valence-corrected chi connectivity index (χ4v) is 2.80. The van der Waals surface area contributed by atoms with E-state index in [0.717, 1.165) is 29.1 Å². The lowest BCUT2D eigenvalue weighted by Crippen LogP contribution is -2.34. The van der Waals surface area contributed by atoms with Gasteiger partial charge < -0.3 is 15.4 Å². The van der Waals surface area contributed by atoms with E-state index < -0.39 is 42.7 Å². The maximum Gasteiger partial charge on any atom is 0.416 e. The van der Waals surface area contributed by atoms with Crippen molar-refractivity contribution in [2.24, 2.45) is 0 Å². The van der Waals surface area contributed by atoms with Crippen LogP contribution in [0, 0.1) is 0 Å². The first kappa shape index (κ1) is 21.4. The van der Waals surface area contributed by atoms with Crippen LogP contribution in [0.1, 0.15) is 20.8 Å². The SMILES string of the molecule is O=C(COC(=O)CNC(=O)c1ccc(C(F)(F)F)cc1)NCCc1cccs1. The molecule has 6 nitrogen and oxygen atoms in total. The molecule has 10 heteroatoms. The van der Waals surface area contributed by atoms with Gasteiger partial charge in [-0.3, -0.25) is 14.4 Å². The van der Waals surface area contributed by atoms with E-state index in [1.54, 1.807) is 11.3 Å². The summed E-state index contributed by atoms with van der Waals surface area (Å²) in [5, 5.41) is 6.74. The van der Waals surface area contributed by atoms with Gasteiger partial charge in [-0.15, -0.1) is 11.3 Å². The zero-order valence-corrected chi connectivity index (χ0v) is 15.4. The first-order chi connectivity index (χ1) is 13.3. The molecule has 0 atom stereocenters. The predicted octanol–water partition coefficient (Wildman–Crippen LogP) is 2.40. The van der Waals surface area contributed by atoms with Gasteiger partial charge >= 0.3 is 12.1 Å². The Labute approximate surface area is 162 Å². The molecule has 0 aliphatic carbocycles. The Morgan fingerprint density at radius 3 is 2.36 bits per heavy atom. The van der Waals surface area contributed by atoms with Crippen LogP contribution in [-0.2, 0) is 26.9 Å². The lowest BCUT2D eigenvalue weighted by molar-refractivity contribution is -0.147. The van der Waals surface area contributed by atoms with Crippen LogP contribution in [0.25, 0.3) is 0 Å². The average molecular weight is 414 g/mol. The number of carbonyl (C=O) groups excluding carboxylic acids is 3. The van der Waals surface area contributed by atoms with Gasteiger partial charge in [0.1, 0.15) is 6.54 Å². The number of amides is 2. The lowest BCUT2D eigenvalue weighted by Gasteiger charge is -2.09. The van der Waals surface area contributed by atoms with Crippen molar-refractivity contribution in [2.45, 2.75) is 12.6 Å². The van der Waals surface area contributed by atoms with Gasteiger partial charge in [0.2, 0.25) is 0 Å². The molecule has 0 fully saturated rings. The number of ether oxygens (including phenoxy) is 1. The van der Waals surface area contributed by atoms with Gasteiger partial charge in [-0.2, -0.15) is 13.2 Å². The van der Waals surface area contributed by atoms with Gasteiger partial charge in [-0.05, 0) is 42.1 Å². The molecule has 0 aliphatic heterocycles. The van der Waals surface area contributed by atoms with Gasteiger partial charge in [-0.25, -0.2) is 0 Å². The molecule has 2 amide bonds. The standard InChI is InChI=1S/C18H17F3N2O4S/c19-18(20,21)13-5-3-12(4-6-13)17(26)23-10-16(25)27-11-15(24)22-8-7-14-2-1-9-28-14/h1-6,9H,7-8,10-11H2,(H,22,24)(H,23,26). The summed E-state index contributed by atoms with van der Waals surface area (Å²) in [7, 11) is 0. The Balaban J connectivity index is 1.65.